The lowest BCUT2D eigenvalue weighted by molar-refractivity contribution is 0.0893. The topological polar surface area (TPSA) is 52.6 Å². The van der Waals surface area contributed by atoms with E-state index in [4.69, 9.17) is 0 Å². The molecular weight excluding hydrogens is 324 g/mol. The van der Waals surface area contributed by atoms with E-state index in [-0.39, 0.29) is 12.1 Å². The highest BCUT2D eigenvalue weighted by atomic mass is 16.3. The van der Waals surface area contributed by atoms with Gasteiger partial charge in [-0.15, -0.1) is 0 Å². The zero-order chi connectivity index (χ0) is 18.6. The summed E-state index contributed by atoms with van der Waals surface area (Å²) >= 11 is 0. The number of hydrogen-bond donors (Lipinski definition) is 2. The molecule has 1 saturated carbocycles. The summed E-state index contributed by atoms with van der Waals surface area (Å²) < 4.78 is 0. The molecule has 2 N–H and O–H groups in total. The molecule has 1 aromatic carbocycles. The molecule has 4 nitrogen and oxygen atoms in total. The Morgan fingerprint density at radius 3 is 2.50 bits per heavy atom. The smallest absolute Gasteiger partial charge is 0.318 e. The van der Waals surface area contributed by atoms with Gasteiger partial charge in [-0.2, -0.15) is 0 Å². The third-order valence-corrected chi connectivity index (χ3v) is 5.32. The molecule has 1 aliphatic rings. The molecule has 146 valence electrons. The third kappa shape index (κ3) is 7.36. The van der Waals surface area contributed by atoms with E-state index in [0.29, 0.717) is 6.54 Å². The van der Waals surface area contributed by atoms with E-state index in [1.54, 1.807) is 0 Å². The monoisotopic (exact) mass is 360 g/mol. The van der Waals surface area contributed by atoms with Gasteiger partial charge in [0.25, 0.3) is 0 Å². The minimum absolute atomic E-state index is 0.0339. The van der Waals surface area contributed by atoms with E-state index in [1.165, 1.54) is 32.1 Å². The van der Waals surface area contributed by atoms with Crippen LogP contribution in [0.4, 0.5) is 4.79 Å². The van der Waals surface area contributed by atoms with E-state index in [9.17, 15) is 9.90 Å². The van der Waals surface area contributed by atoms with E-state index in [1.807, 2.05) is 23.1 Å². The first-order valence-electron chi connectivity index (χ1n) is 10.5. The number of rotatable bonds is 10. The van der Waals surface area contributed by atoms with E-state index >= 15 is 0 Å². The van der Waals surface area contributed by atoms with Crippen LogP contribution >= 0.6 is 0 Å². The number of unbranched alkanes of at least 4 members (excludes halogenated alkanes) is 5. The van der Waals surface area contributed by atoms with Crippen molar-refractivity contribution >= 4 is 6.03 Å². The highest BCUT2D eigenvalue weighted by molar-refractivity contribution is 5.74. The Bertz CT molecular complexity index is 506. The lowest BCUT2D eigenvalue weighted by atomic mass is 9.93. The van der Waals surface area contributed by atoms with Crippen LogP contribution in [0.5, 0.6) is 0 Å². The summed E-state index contributed by atoms with van der Waals surface area (Å²) in [6.45, 7) is 3.63. The molecule has 0 spiro atoms. The molecular formula is C22H36N2O2. The molecule has 2 rings (SSSR count). The number of aliphatic hydroxyl groups excluding tert-OH is 1. The van der Waals surface area contributed by atoms with Gasteiger partial charge in [0.1, 0.15) is 0 Å². The highest BCUT2D eigenvalue weighted by Gasteiger charge is 2.26. The summed E-state index contributed by atoms with van der Waals surface area (Å²) in [6.07, 6.45) is 10.7. The van der Waals surface area contributed by atoms with Crippen molar-refractivity contribution in [2.75, 3.05) is 6.54 Å². The summed E-state index contributed by atoms with van der Waals surface area (Å²) in [4.78, 5) is 14.7. The largest absolute Gasteiger partial charge is 0.391 e. The molecule has 0 bridgehead atoms. The normalized spacial score (nSPS) is 19.9. The molecule has 2 atom stereocenters. The molecule has 2 unspecified atom stereocenters. The van der Waals surface area contributed by atoms with Crippen LogP contribution < -0.4 is 5.32 Å². The number of urea groups is 1. The van der Waals surface area contributed by atoms with Crippen LogP contribution in [0.1, 0.15) is 76.7 Å². The Morgan fingerprint density at radius 1 is 1.08 bits per heavy atom. The number of benzene rings is 1. The summed E-state index contributed by atoms with van der Waals surface area (Å²) in [5.74, 6) is 0. The lowest BCUT2D eigenvalue weighted by Crippen LogP contribution is -2.50. The van der Waals surface area contributed by atoms with Gasteiger partial charge in [0, 0.05) is 13.1 Å². The molecule has 0 aromatic heterocycles. The van der Waals surface area contributed by atoms with E-state index in [0.717, 1.165) is 44.2 Å². The number of nitrogens with zero attached hydrogens (tertiary/aromatic N) is 1. The maximum atomic E-state index is 12.8. The average Bonchev–Trinajstić information content (AvgIpc) is 2.66. The van der Waals surface area contributed by atoms with Crippen molar-refractivity contribution in [3.8, 4) is 0 Å². The molecule has 2 amide bonds. The van der Waals surface area contributed by atoms with Crippen molar-refractivity contribution in [1.82, 2.24) is 10.2 Å². The van der Waals surface area contributed by atoms with Gasteiger partial charge in [-0.1, -0.05) is 82.2 Å². The quantitative estimate of drug-likeness (QED) is 0.585. The number of carbonyl (C=O) groups is 1. The third-order valence-electron chi connectivity index (χ3n) is 5.32. The van der Waals surface area contributed by atoms with Crippen molar-refractivity contribution in [2.24, 2.45) is 0 Å². The van der Waals surface area contributed by atoms with E-state index in [2.05, 4.69) is 24.4 Å². The molecule has 0 heterocycles. The first kappa shape index (κ1) is 20.8. The number of carbonyl (C=O) groups excluding carboxylic acids is 1. The highest BCUT2D eigenvalue weighted by Crippen LogP contribution is 2.19. The molecule has 4 heteroatoms. The second-order valence-electron chi connectivity index (χ2n) is 7.58. The maximum Gasteiger partial charge on any atom is 0.318 e. The average molecular weight is 361 g/mol. The van der Waals surface area contributed by atoms with Gasteiger partial charge in [-0.3, -0.25) is 0 Å². The Hall–Kier alpha value is -1.55. The van der Waals surface area contributed by atoms with Crippen molar-refractivity contribution in [3.05, 3.63) is 35.9 Å². The van der Waals surface area contributed by atoms with Gasteiger partial charge in [0.2, 0.25) is 0 Å². The first-order chi connectivity index (χ1) is 12.7. The predicted molar refractivity (Wildman–Crippen MR) is 107 cm³/mol. The van der Waals surface area contributed by atoms with Gasteiger partial charge in [-0.05, 0) is 24.8 Å². The van der Waals surface area contributed by atoms with Crippen LogP contribution in [0.25, 0.3) is 0 Å². The standard InChI is InChI=1S/C22H36N2O2/c1-2-3-4-5-6-12-17-24(18-19-13-8-7-9-14-19)22(26)23-20-15-10-11-16-21(20)25/h7-9,13-14,20-21,25H,2-6,10-12,15-18H2,1H3,(H,23,26). The van der Waals surface area contributed by atoms with Gasteiger partial charge < -0.3 is 15.3 Å². The predicted octanol–water partition coefficient (Wildman–Crippen LogP) is 4.86. The van der Waals surface area contributed by atoms with Gasteiger partial charge in [-0.25, -0.2) is 4.79 Å². The number of nitrogens with one attached hydrogen (secondary N) is 1. The van der Waals surface area contributed by atoms with Crippen molar-refractivity contribution in [1.29, 1.82) is 0 Å². The molecule has 0 saturated heterocycles. The fourth-order valence-corrected chi connectivity index (χ4v) is 3.67. The molecule has 1 fully saturated rings. The zero-order valence-electron chi connectivity index (χ0n) is 16.3. The summed E-state index contributed by atoms with van der Waals surface area (Å²) in [7, 11) is 0. The molecule has 26 heavy (non-hydrogen) atoms. The van der Waals surface area contributed by atoms with Gasteiger partial charge in [0.15, 0.2) is 0 Å². The van der Waals surface area contributed by atoms with Crippen LogP contribution in [0.3, 0.4) is 0 Å². The summed E-state index contributed by atoms with van der Waals surface area (Å²) in [6, 6.07) is 10.0. The summed E-state index contributed by atoms with van der Waals surface area (Å²) in [5, 5.41) is 13.2. The Labute approximate surface area is 159 Å². The fraction of sp³-hybridized carbons (Fsp3) is 0.682. The van der Waals surface area contributed by atoms with Crippen molar-refractivity contribution < 1.29 is 9.90 Å². The minimum atomic E-state index is -0.402. The van der Waals surface area contributed by atoms with Crippen LogP contribution in [0.15, 0.2) is 30.3 Å². The SMILES string of the molecule is CCCCCCCCN(Cc1ccccc1)C(=O)NC1CCCCC1O. The van der Waals surface area contributed by atoms with Crippen molar-refractivity contribution in [2.45, 2.75) is 89.8 Å². The van der Waals surface area contributed by atoms with E-state index < -0.39 is 6.10 Å². The minimum Gasteiger partial charge on any atom is -0.391 e. The zero-order valence-corrected chi connectivity index (χ0v) is 16.3. The lowest BCUT2D eigenvalue weighted by Gasteiger charge is -2.31. The second-order valence-corrected chi connectivity index (χ2v) is 7.58. The maximum absolute atomic E-state index is 12.8. The molecule has 0 aliphatic heterocycles. The molecule has 0 radical (unpaired) electrons. The van der Waals surface area contributed by atoms with Gasteiger partial charge in [0.05, 0.1) is 12.1 Å². The van der Waals surface area contributed by atoms with Crippen LogP contribution in [-0.2, 0) is 6.54 Å². The van der Waals surface area contributed by atoms with Crippen LogP contribution in [0, 0.1) is 0 Å². The van der Waals surface area contributed by atoms with Crippen LogP contribution in [-0.4, -0.2) is 34.7 Å². The van der Waals surface area contributed by atoms with Gasteiger partial charge >= 0.3 is 6.03 Å². The Kier molecular flexibility index (Phi) is 9.54. The number of hydrogen-bond acceptors (Lipinski definition) is 2. The number of aliphatic hydroxyl groups is 1. The Balaban J connectivity index is 1.87. The Morgan fingerprint density at radius 2 is 1.77 bits per heavy atom. The molecule has 1 aromatic rings. The van der Waals surface area contributed by atoms with Crippen LogP contribution in [0.2, 0.25) is 0 Å². The fourth-order valence-electron chi connectivity index (χ4n) is 3.67. The first-order valence-corrected chi connectivity index (χ1v) is 10.5. The number of amides is 2. The van der Waals surface area contributed by atoms with Crippen molar-refractivity contribution in [3.63, 3.8) is 0 Å². The second kappa shape index (κ2) is 11.9. The molecule has 1 aliphatic carbocycles. The summed E-state index contributed by atoms with van der Waals surface area (Å²) in [5.41, 5.74) is 1.15.